The number of anilines is 1. The standard InChI is InChI=1S/C13H20ClN3O2/c1-9(5-6-18)16-12-11(14)7-15-17(13(12)19)8-10-3-2-4-10/h7,9-10,16,18H,2-6,8H2,1H3. The largest absolute Gasteiger partial charge is 0.396 e. The lowest BCUT2D eigenvalue weighted by atomic mass is 9.85. The van der Waals surface area contributed by atoms with Crippen molar-refractivity contribution in [2.24, 2.45) is 5.92 Å². The summed E-state index contributed by atoms with van der Waals surface area (Å²) in [6, 6.07) is -0.00486. The van der Waals surface area contributed by atoms with Gasteiger partial charge in [0.2, 0.25) is 0 Å². The van der Waals surface area contributed by atoms with Crippen LogP contribution >= 0.6 is 11.6 Å². The van der Waals surface area contributed by atoms with Crippen molar-refractivity contribution in [3.8, 4) is 0 Å². The van der Waals surface area contributed by atoms with Gasteiger partial charge in [-0.1, -0.05) is 18.0 Å². The quantitative estimate of drug-likeness (QED) is 0.837. The van der Waals surface area contributed by atoms with E-state index in [0.717, 1.165) is 0 Å². The molecule has 1 fully saturated rings. The topological polar surface area (TPSA) is 67.2 Å². The molecule has 1 heterocycles. The van der Waals surface area contributed by atoms with Crippen LogP contribution < -0.4 is 10.9 Å². The third kappa shape index (κ3) is 3.48. The second-order valence-corrected chi connectivity index (χ2v) is 5.62. The molecule has 1 atom stereocenters. The molecule has 2 N–H and O–H groups in total. The molecule has 0 radical (unpaired) electrons. The lowest BCUT2D eigenvalue weighted by Crippen LogP contribution is -2.32. The number of halogens is 1. The smallest absolute Gasteiger partial charge is 0.291 e. The van der Waals surface area contributed by atoms with Crippen molar-refractivity contribution in [2.75, 3.05) is 11.9 Å². The molecule has 6 heteroatoms. The maximum Gasteiger partial charge on any atom is 0.291 e. The molecular formula is C13H20ClN3O2. The molecule has 106 valence electrons. The molecule has 1 unspecified atom stereocenters. The average molecular weight is 286 g/mol. The number of nitrogens with zero attached hydrogens (tertiary/aromatic N) is 2. The predicted octanol–water partition coefficient (Wildman–Crippen LogP) is 1.88. The van der Waals surface area contributed by atoms with Crippen molar-refractivity contribution < 1.29 is 5.11 Å². The van der Waals surface area contributed by atoms with Crippen LogP contribution in [-0.4, -0.2) is 27.5 Å². The van der Waals surface area contributed by atoms with Crippen LogP contribution in [0.2, 0.25) is 5.02 Å². The molecule has 0 aliphatic heterocycles. The molecule has 1 saturated carbocycles. The van der Waals surface area contributed by atoms with Crippen LogP contribution in [0.3, 0.4) is 0 Å². The van der Waals surface area contributed by atoms with E-state index in [1.165, 1.54) is 30.1 Å². The predicted molar refractivity (Wildman–Crippen MR) is 75.6 cm³/mol. The van der Waals surface area contributed by atoms with Crippen LogP contribution in [0.25, 0.3) is 0 Å². The number of rotatable bonds is 6. The summed E-state index contributed by atoms with van der Waals surface area (Å²) in [5.41, 5.74) is 0.209. The Balaban J connectivity index is 2.16. The van der Waals surface area contributed by atoms with Crippen LogP contribution in [0.15, 0.2) is 11.0 Å². The van der Waals surface area contributed by atoms with Crippen LogP contribution in [0.1, 0.15) is 32.6 Å². The molecule has 0 aromatic carbocycles. The Bertz CT molecular complexity index is 485. The highest BCUT2D eigenvalue weighted by Gasteiger charge is 2.20. The Morgan fingerprint density at radius 1 is 1.63 bits per heavy atom. The zero-order valence-electron chi connectivity index (χ0n) is 11.1. The lowest BCUT2D eigenvalue weighted by Gasteiger charge is -2.25. The van der Waals surface area contributed by atoms with Crippen LogP contribution in [0, 0.1) is 5.92 Å². The first kappa shape index (κ1) is 14.3. The van der Waals surface area contributed by atoms with E-state index >= 15 is 0 Å². The number of hydrogen-bond acceptors (Lipinski definition) is 4. The van der Waals surface area contributed by atoms with Gasteiger partial charge in [0.25, 0.3) is 5.56 Å². The summed E-state index contributed by atoms with van der Waals surface area (Å²) in [4.78, 5) is 12.3. The fraction of sp³-hybridized carbons (Fsp3) is 0.692. The highest BCUT2D eigenvalue weighted by Crippen LogP contribution is 2.27. The van der Waals surface area contributed by atoms with E-state index in [2.05, 4.69) is 10.4 Å². The minimum atomic E-state index is -0.177. The van der Waals surface area contributed by atoms with E-state index in [-0.39, 0.29) is 18.2 Å². The van der Waals surface area contributed by atoms with Gasteiger partial charge in [-0.2, -0.15) is 5.10 Å². The zero-order chi connectivity index (χ0) is 13.8. The Morgan fingerprint density at radius 2 is 2.37 bits per heavy atom. The van der Waals surface area contributed by atoms with Crippen LogP contribution in [0.4, 0.5) is 5.69 Å². The van der Waals surface area contributed by atoms with E-state index in [0.29, 0.717) is 29.6 Å². The second-order valence-electron chi connectivity index (χ2n) is 5.21. The SMILES string of the molecule is CC(CCO)Nc1c(Cl)cnn(CC2CCC2)c1=O. The first-order valence-electron chi connectivity index (χ1n) is 6.75. The van der Waals surface area contributed by atoms with Gasteiger partial charge in [0.05, 0.1) is 11.2 Å². The Morgan fingerprint density at radius 3 is 2.95 bits per heavy atom. The third-order valence-electron chi connectivity index (χ3n) is 3.61. The minimum absolute atomic E-state index is 0.00486. The van der Waals surface area contributed by atoms with Gasteiger partial charge in [0, 0.05) is 19.2 Å². The van der Waals surface area contributed by atoms with Crippen LogP contribution in [-0.2, 0) is 6.54 Å². The van der Waals surface area contributed by atoms with Crippen molar-refractivity contribution in [3.05, 3.63) is 21.6 Å². The van der Waals surface area contributed by atoms with Gasteiger partial charge in [-0.3, -0.25) is 4.79 Å². The van der Waals surface area contributed by atoms with E-state index in [1.54, 1.807) is 0 Å². The molecular weight excluding hydrogens is 266 g/mol. The summed E-state index contributed by atoms with van der Waals surface area (Å²) >= 11 is 6.03. The summed E-state index contributed by atoms with van der Waals surface area (Å²) in [7, 11) is 0. The number of aliphatic hydroxyl groups excluding tert-OH is 1. The molecule has 1 aliphatic carbocycles. The molecule has 1 aromatic rings. The first-order valence-corrected chi connectivity index (χ1v) is 7.12. The van der Waals surface area contributed by atoms with Gasteiger partial charge in [-0.15, -0.1) is 0 Å². The summed E-state index contributed by atoms with van der Waals surface area (Å²) in [5, 5.41) is 16.4. The van der Waals surface area contributed by atoms with Gasteiger partial charge in [0.15, 0.2) is 0 Å². The molecule has 1 aliphatic rings. The minimum Gasteiger partial charge on any atom is -0.396 e. The summed E-state index contributed by atoms with van der Waals surface area (Å²) in [6.45, 7) is 2.65. The summed E-state index contributed by atoms with van der Waals surface area (Å²) in [6.07, 6.45) is 5.66. The third-order valence-corrected chi connectivity index (χ3v) is 3.89. The lowest BCUT2D eigenvalue weighted by molar-refractivity contribution is 0.262. The van der Waals surface area contributed by atoms with Gasteiger partial charge in [-0.25, -0.2) is 4.68 Å². The highest BCUT2D eigenvalue weighted by molar-refractivity contribution is 6.33. The number of aliphatic hydroxyl groups is 1. The zero-order valence-corrected chi connectivity index (χ0v) is 11.9. The molecule has 0 bridgehead atoms. The number of hydrogen-bond donors (Lipinski definition) is 2. The fourth-order valence-corrected chi connectivity index (χ4v) is 2.34. The normalized spacial score (nSPS) is 17.0. The molecule has 0 amide bonds. The van der Waals surface area contributed by atoms with Gasteiger partial charge in [-0.05, 0) is 32.1 Å². The van der Waals surface area contributed by atoms with Crippen molar-refractivity contribution in [1.29, 1.82) is 0 Å². The molecule has 1 aromatic heterocycles. The van der Waals surface area contributed by atoms with E-state index < -0.39 is 0 Å². The fourth-order valence-electron chi connectivity index (χ4n) is 2.16. The van der Waals surface area contributed by atoms with Crippen molar-refractivity contribution in [1.82, 2.24) is 9.78 Å². The first-order chi connectivity index (χ1) is 9.11. The number of nitrogens with one attached hydrogen (secondary N) is 1. The molecule has 0 spiro atoms. The molecule has 0 saturated heterocycles. The van der Waals surface area contributed by atoms with Crippen LogP contribution in [0.5, 0.6) is 0 Å². The van der Waals surface area contributed by atoms with Gasteiger partial charge in [0.1, 0.15) is 5.69 Å². The Hall–Kier alpha value is -1.07. The van der Waals surface area contributed by atoms with Gasteiger partial charge >= 0.3 is 0 Å². The Kier molecular flexibility index (Phi) is 4.82. The number of aromatic nitrogens is 2. The maximum atomic E-state index is 12.3. The van der Waals surface area contributed by atoms with Crippen molar-refractivity contribution in [2.45, 2.75) is 45.2 Å². The highest BCUT2D eigenvalue weighted by atomic mass is 35.5. The monoisotopic (exact) mass is 285 g/mol. The maximum absolute atomic E-state index is 12.3. The summed E-state index contributed by atoms with van der Waals surface area (Å²) in [5.74, 6) is 0.564. The average Bonchev–Trinajstić information content (AvgIpc) is 2.32. The van der Waals surface area contributed by atoms with Crippen molar-refractivity contribution >= 4 is 17.3 Å². The molecule has 2 rings (SSSR count). The van der Waals surface area contributed by atoms with E-state index in [1.807, 2.05) is 6.92 Å². The second kappa shape index (κ2) is 6.39. The molecule has 5 nitrogen and oxygen atoms in total. The summed E-state index contributed by atoms with van der Waals surface area (Å²) < 4.78 is 1.49. The van der Waals surface area contributed by atoms with Crippen molar-refractivity contribution in [3.63, 3.8) is 0 Å². The van der Waals surface area contributed by atoms with E-state index in [4.69, 9.17) is 16.7 Å². The van der Waals surface area contributed by atoms with Gasteiger partial charge < -0.3 is 10.4 Å². The molecule has 19 heavy (non-hydrogen) atoms. The van der Waals surface area contributed by atoms with E-state index in [9.17, 15) is 4.79 Å². The Labute approximate surface area is 117 Å².